The number of anilines is 2. The van der Waals surface area contributed by atoms with Crippen molar-refractivity contribution in [1.82, 2.24) is 84.3 Å². The minimum absolute atomic E-state index is 0.00255. The quantitative estimate of drug-likeness (QED) is 0.0187. The fourth-order valence-electron chi connectivity index (χ4n) is 14.3. The third-order valence-electron chi connectivity index (χ3n) is 20.8. The van der Waals surface area contributed by atoms with Gasteiger partial charge in [0.15, 0.2) is 6.54 Å². The van der Waals surface area contributed by atoms with Crippen LogP contribution < -0.4 is 90.8 Å². The highest BCUT2D eigenvalue weighted by Crippen LogP contribution is 2.24. The van der Waals surface area contributed by atoms with Crippen LogP contribution in [0, 0.1) is 5.92 Å². The molecule has 38 heteroatoms. The van der Waals surface area contributed by atoms with E-state index in [1.165, 1.54) is 67.5 Å². The van der Waals surface area contributed by atoms with Gasteiger partial charge in [0.25, 0.3) is 5.91 Å². The fourth-order valence-corrected chi connectivity index (χ4v) is 14.4. The molecule has 37 nitrogen and oxygen atoms in total. The minimum Gasteiger partial charge on any atom is -0.394 e. The molecule has 0 bridgehead atoms. The van der Waals surface area contributed by atoms with E-state index in [-0.39, 0.29) is 112 Å². The largest absolute Gasteiger partial charge is 0.394 e. The molecule has 5 aromatic carbocycles. The maximum Gasteiger partial charge on any atom is 0.322 e. The highest BCUT2D eigenvalue weighted by molar-refractivity contribution is 6.30. The van der Waals surface area contributed by atoms with E-state index >= 15 is 28.8 Å². The molecule has 0 radical (unpaired) electrons. The van der Waals surface area contributed by atoms with Gasteiger partial charge in [-0.1, -0.05) is 124 Å². The van der Waals surface area contributed by atoms with Crippen LogP contribution in [0.1, 0.15) is 114 Å². The van der Waals surface area contributed by atoms with Crippen molar-refractivity contribution >= 4 is 129 Å². The third-order valence-corrected chi connectivity index (χ3v) is 21.0. The molecule has 2 fully saturated rings. The third kappa shape index (κ3) is 33.1. The molecule has 8 rings (SSSR count). The summed E-state index contributed by atoms with van der Waals surface area (Å²) in [7, 11) is 5.57. The molecule has 3 heterocycles. The standard InChI is InChI=1S/C89H117ClN20O17/c1-51(2)40-66(79(117)100-65(19-12-13-36-93-52(3)4)87(125)109-39-15-20-74(109)86(124)96-53(5)77(91)115)101-81(119)69(43-57-26-33-64(34-27-57)99-88(126)95-38-37-94-76(114)49-110(7,8)9)103-83(121)70(44-56-24-31-63(32-25-56)98-78(116)72-47-75(113)108-89(127)107-72)105-85(123)73(50-111)106-84(122)71(46-59-16-14-35-92-48-59)104-82(120)68(42-55-22-29-62(90)30-23-55)102-80(118)67(97-54(6)112)45-58-21-28-60-17-10-11-18-61(60)41-58/h10-11,14,16-18,21-35,41,48,51-53,65-74,93,111H,12-13,15,19-20,36-40,42-47,49-50H2,1-9H3,(H16-,91,94,95,96,97,98,99,100,101,102,103,104,105,106,107,108,112,113,114,115,116,117,118,119,120,121,122,123,124,126,127)/p+1/t53-,65+,66+,67-,68-,69-,70+,71-,72?,73+,74+/m1/s1. The van der Waals surface area contributed by atoms with Crippen LogP contribution in [0.3, 0.4) is 0 Å². The maximum absolute atomic E-state index is 15.6. The van der Waals surface area contributed by atoms with E-state index in [9.17, 15) is 53.1 Å². The second-order valence-electron chi connectivity index (χ2n) is 33.5. The van der Waals surface area contributed by atoms with Crippen molar-refractivity contribution in [3.8, 4) is 0 Å². The summed E-state index contributed by atoms with van der Waals surface area (Å²) in [6.45, 7) is 10.1. The average Bonchev–Trinajstić information content (AvgIpc) is 1.74. The second-order valence-corrected chi connectivity index (χ2v) is 33.9. The normalized spacial score (nSPS) is 15.9. The second kappa shape index (κ2) is 48.5. The zero-order chi connectivity index (χ0) is 92.6. The van der Waals surface area contributed by atoms with E-state index in [2.05, 4.69) is 90.1 Å². The first kappa shape index (κ1) is 99.4. The van der Waals surface area contributed by atoms with Crippen LogP contribution in [0.2, 0.25) is 5.02 Å². The number of benzene rings is 5. The number of hydrogen-bond donors (Lipinski definition) is 18. The molecule has 682 valence electrons. The van der Waals surface area contributed by atoms with E-state index in [0.29, 0.717) is 57.6 Å². The number of urea groups is 2. The number of carbonyl (C=O) groups excluding carboxylic acids is 16. The predicted octanol–water partition coefficient (Wildman–Crippen LogP) is 0.968. The van der Waals surface area contributed by atoms with E-state index in [0.717, 1.165) is 10.8 Å². The smallest absolute Gasteiger partial charge is 0.322 e. The molecule has 18 amide bonds. The van der Waals surface area contributed by atoms with E-state index in [1.54, 1.807) is 62.4 Å². The number of carbonyl (C=O) groups is 16. The Labute approximate surface area is 742 Å². The van der Waals surface area contributed by atoms with Crippen LogP contribution in [-0.4, -0.2) is 247 Å². The molecule has 2 saturated heterocycles. The van der Waals surface area contributed by atoms with Crippen molar-refractivity contribution < 1.29 is 86.3 Å². The molecule has 2 aliphatic heterocycles. The van der Waals surface area contributed by atoms with Gasteiger partial charge in [0.05, 0.1) is 34.2 Å². The molecule has 6 aromatic rings. The number of nitrogens with two attached hydrogens (primary N) is 1. The Morgan fingerprint density at radius 3 is 1.57 bits per heavy atom. The van der Waals surface area contributed by atoms with Gasteiger partial charge >= 0.3 is 12.1 Å². The van der Waals surface area contributed by atoms with Crippen molar-refractivity contribution in [2.24, 2.45) is 11.7 Å². The highest BCUT2D eigenvalue weighted by atomic mass is 35.5. The molecule has 127 heavy (non-hydrogen) atoms. The lowest BCUT2D eigenvalue weighted by molar-refractivity contribution is -0.862. The lowest BCUT2D eigenvalue weighted by atomic mass is 9.99. The number of fused-ring (bicyclic) bond motifs is 1. The first-order chi connectivity index (χ1) is 60.3. The van der Waals surface area contributed by atoms with Crippen LogP contribution in [0.25, 0.3) is 10.8 Å². The van der Waals surface area contributed by atoms with Crippen molar-refractivity contribution in [3.05, 3.63) is 173 Å². The molecule has 0 spiro atoms. The van der Waals surface area contributed by atoms with Gasteiger partial charge in [-0.15, -0.1) is 0 Å². The Morgan fingerprint density at radius 1 is 0.543 bits per heavy atom. The number of aromatic nitrogens is 1. The van der Waals surface area contributed by atoms with Gasteiger partial charge in [0.2, 0.25) is 76.8 Å². The molecule has 1 unspecified atom stereocenters. The number of quaternary nitrogens is 1. The number of aliphatic hydroxyl groups excluding tert-OH is 1. The molecule has 19 N–H and O–H groups in total. The van der Waals surface area contributed by atoms with Crippen LogP contribution in [0.5, 0.6) is 0 Å². The Morgan fingerprint density at radius 2 is 1.04 bits per heavy atom. The Hall–Kier alpha value is -13.0. The number of rotatable bonds is 46. The zero-order valence-electron chi connectivity index (χ0n) is 72.8. The molecule has 1 aromatic heterocycles. The Bertz CT molecular complexity index is 4850. The molecule has 0 aliphatic carbocycles. The summed E-state index contributed by atoms with van der Waals surface area (Å²) in [6, 6.07) is 17.5. The number of imide groups is 1. The van der Waals surface area contributed by atoms with Gasteiger partial charge in [-0.05, 0) is 139 Å². The summed E-state index contributed by atoms with van der Waals surface area (Å²) in [5.41, 5.74) is 8.14. The van der Waals surface area contributed by atoms with Crippen LogP contribution in [0.4, 0.5) is 21.0 Å². The molecule has 0 saturated carbocycles. The zero-order valence-corrected chi connectivity index (χ0v) is 73.5. The number of nitrogens with one attached hydrogen (secondary N) is 16. The number of halogens is 1. The Balaban J connectivity index is 1.11. The number of hydrogen-bond acceptors (Lipinski definition) is 19. The van der Waals surface area contributed by atoms with Crippen molar-refractivity contribution in [2.45, 2.75) is 191 Å². The fraction of sp³-hybridized carbons (Fsp3) is 0.449. The van der Waals surface area contributed by atoms with Gasteiger partial charge in [-0.2, -0.15) is 0 Å². The van der Waals surface area contributed by atoms with Gasteiger partial charge in [-0.3, -0.25) is 77.4 Å². The summed E-state index contributed by atoms with van der Waals surface area (Å²) in [6.07, 6.45) is 2.89. The minimum atomic E-state index is -1.94. The number of pyridine rings is 1. The summed E-state index contributed by atoms with van der Waals surface area (Å²) < 4.78 is 0.381. The lowest BCUT2D eigenvalue weighted by Crippen LogP contribution is -2.62. The monoisotopic (exact) mass is 1770 g/mol. The molecule has 2 aliphatic rings. The number of likely N-dealkylation sites (tertiary alicyclic amines) is 1. The summed E-state index contributed by atoms with van der Waals surface area (Å²) >= 11 is 6.29. The molecular formula is C89H118ClN20O17+. The Kier molecular flexibility index (Phi) is 37.9. The van der Waals surface area contributed by atoms with Crippen molar-refractivity contribution in [2.75, 3.05) is 71.1 Å². The highest BCUT2D eigenvalue weighted by Gasteiger charge is 2.41. The van der Waals surface area contributed by atoms with Crippen molar-refractivity contribution in [1.29, 1.82) is 0 Å². The predicted molar refractivity (Wildman–Crippen MR) is 474 cm³/mol. The summed E-state index contributed by atoms with van der Waals surface area (Å²) in [5.74, 6) is -11.3. The molecule has 11 atom stereocenters. The summed E-state index contributed by atoms with van der Waals surface area (Å²) in [5, 5.41) is 56.3. The lowest BCUT2D eigenvalue weighted by Gasteiger charge is -2.31. The average molecular weight is 1780 g/mol. The number of aliphatic hydroxyl groups is 1. The number of primary amides is 1. The van der Waals surface area contributed by atoms with Crippen molar-refractivity contribution in [3.63, 3.8) is 0 Å². The summed E-state index contributed by atoms with van der Waals surface area (Å²) in [4.78, 5) is 228. The van der Waals surface area contributed by atoms with Gasteiger partial charge in [-0.25, -0.2) is 9.59 Å². The number of likely N-dealkylation sites (N-methyl/N-ethyl adjacent to an activating group) is 1. The van der Waals surface area contributed by atoms with E-state index in [1.807, 2.05) is 77.5 Å². The van der Waals surface area contributed by atoms with Crippen LogP contribution in [0.15, 0.2) is 140 Å². The van der Waals surface area contributed by atoms with Crippen LogP contribution >= 0.6 is 11.6 Å². The SMILES string of the molecule is CC(=O)N[C@H](Cc1ccc2ccccc2c1)C(=O)N[C@H](Cc1ccc(Cl)cc1)C(=O)N[C@H](Cc1cccnc1)C(=O)N[C@@H](CO)C(=O)N[C@@H](Cc1ccc(NC(=O)C2CC(=O)NC(=O)N2)cc1)C(=O)N[C@H](Cc1ccc(NC(=O)NCCNC(=O)C[N+](C)(C)C)cc1)C(=O)N[C@@H](CC(C)C)C(=O)N[C@@H](CCCCNC(C)C)C(=O)N1CCC[C@H]1C(=O)N[C@H](C)C(N)=O. The van der Waals surface area contributed by atoms with Crippen LogP contribution in [-0.2, 0) is 99.2 Å². The van der Waals surface area contributed by atoms with E-state index < -0.39 is 168 Å². The van der Waals surface area contributed by atoms with Gasteiger partial charge < -0.3 is 100.0 Å². The number of amides is 18. The van der Waals surface area contributed by atoms with E-state index in [4.69, 9.17) is 17.3 Å². The topological polar surface area (TPSA) is 528 Å². The first-order valence-corrected chi connectivity index (χ1v) is 42.7. The van der Waals surface area contributed by atoms with Gasteiger partial charge in [0, 0.05) is 93.5 Å². The number of nitrogens with zero attached hydrogens (tertiary/aromatic N) is 3. The maximum atomic E-state index is 15.6. The number of unbranched alkanes of at least 4 members (excludes halogenated alkanes) is 1. The van der Waals surface area contributed by atoms with Gasteiger partial charge in [0.1, 0.15) is 66.5 Å². The first-order valence-electron chi connectivity index (χ1n) is 42.3. The molecular weight excluding hydrogens is 1660 g/mol.